The van der Waals surface area contributed by atoms with E-state index >= 15 is 0 Å². The number of hydrogen-bond donors (Lipinski definition) is 1. The highest BCUT2D eigenvalue weighted by Crippen LogP contribution is 2.32. The number of anilines is 1. The molecule has 1 fully saturated rings. The fraction of sp³-hybridized carbons (Fsp3) is 0.538. The maximum absolute atomic E-state index is 13.7. The molecular formula is C13H16F2N2O2. The summed E-state index contributed by atoms with van der Waals surface area (Å²) in [7, 11) is 0. The lowest BCUT2D eigenvalue weighted by atomic mass is 9.87. The Bertz CT molecular complexity index is 494. The van der Waals surface area contributed by atoms with Crippen LogP contribution in [0, 0.1) is 27.7 Å². The van der Waals surface area contributed by atoms with Gasteiger partial charge in [0.2, 0.25) is 0 Å². The summed E-state index contributed by atoms with van der Waals surface area (Å²) < 4.78 is 26.8. The second kappa shape index (κ2) is 5.50. The zero-order chi connectivity index (χ0) is 14.0. The molecule has 6 heteroatoms. The van der Waals surface area contributed by atoms with Gasteiger partial charge in [0.05, 0.1) is 11.0 Å². The van der Waals surface area contributed by atoms with Crippen molar-refractivity contribution in [2.24, 2.45) is 5.92 Å². The van der Waals surface area contributed by atoms with Crippen molar-refractivity contribution in [2.75, 3.05) is 5.32 Å². The number of halogens is 2. The van der Waals surface area contributed by atoms with Gasteiger partial charge in [0.15, 0.2) is 5.82 Å². The zero-order valence-corrected chi connectivity index (χ0v) is 10.7. The molecule has 1 aromatic carbocycles. The smallest absolute Gasteiger partial charge is 0.298 e. The van der Waals surface area contributed by atoms with Crippen molar-refractivity contribution in [3.8, 4) is 0 Å². The molecule has 1 aliphatic carbocycles. The van der Waals surface area contributed by atoms with Crippen molar-refractivity contribution < 1.29 is 13.7 Å². The van der Waals surface area contributed by atoms with Crippen molar-refractivity contribution in [3.63, 3.8) is 0 Å². The first kappa shape index (κ1) is 13.7. The van der Waals surface area contributed by atoms with Gasteiger partial charge in [-0.05, 0) is 18.8 Å². The Hall–Kier alpha value is -1.72. The molecule has 1 aromatic rings. The molecule has 0 radical (unpaired) electrons. The van der Waals surface area contributed by atoms with E-state index in [2.05, 4.69) is 12.2 Å². The van der Waals surface area contributed by atoms with E-state index in [9.17, 15) is 18.9 Å². The lowest BCUT2D eigenvalue weighted by molar-refractivity contribution is -0.384. The zero-order valence-electron chi connectivity index (χ0n) is 10.7. The number of nitrogens with zero attached hydrogens (tertiary/aromatic N) is 1. The van der Waals surface area contributed by atoms with Gasteiger partial charge in [-0.3, -0.25) is 10.1 Å². The fourth-order valence-corrected chi connectivity index (χ4v) is 2.62. The molecule has 19 heavy (non-hydrogen) atoms. The van der Waals surface area contributed by atoms with Gasteiger partial charge in [-0.1, -0.05) is 19.8 Å². The lowest BCUT2D eigenvalue weighted by Crippen LogP contribution is -2.27. The first-order chi connectivity index (χ1) is 8.97. The van der Waals surface area contributed by atoms with Crippen LogP contribution < -0.4 is 5.32 Å². The van der Waals surface area contributed by atoms with Crippen LogP contribution in [0.5, 0.6) is 0 Å². The Morgan fingerprint density at radius 1 is 1.37 bits per heavy atom. The maximum atomic E-state index is 13.7. The van der Waals surface area contributed by atoms with Crippen LogP contribution in [0.3, 0.4) is 0 Å². The van der Waals surface area contributed by atoms with Crippen LogP contribution in [0.15, 0.2) is 12.1 Å². The van der Waals surface area contributed by atoms with E-state index in [1.807, 2.05) is 0 Å². The molecule has 0 heterocycles. The molecule has 2 atom stereocenters. The molecule has 1 N–H and O–H groups in total. The summed E-state index contributed by atoms with van der Waals surface area (Å²) in [6.45, 7) is 2.10. The monoisotopic (exact) mass is 270 g/mol. The highest BCUT2D eigenvalue weighted by atomic mass is 19.1. The van der Waals surface area contributed by atoms with Crippen molar-refractivity contribution in [1.82, 2.24) is 0 Å². The second-order valence-corrected chi connectivity index (χ2v) is 5.15. The molecule has 0 bridgehead atoms. The molecule has 2 unspecified atom stereocenters. The van der Waals surface area contributed by atoms with Crippen LogP contribution >= 0.6 is 0 Å². The van der Waals surface area contributed by atoms with Crippen LogP contribution in [-0.4, -0.2) is 11.0 Å². The number of benzene rings is 1. The van der Waals surface area contributed by atoms with Crippen molar-refractivity contribution in [2.45, 2.75) is 38.6 Å². The standard InChI is InChI=1S/C13H16F2N2O2/c1-8-3-2-4-10(5-8)16-13-11(15)6-9(14)7-12(13)17(18)19/h6-8,10,16H,2-5H2,1H3. The minimum absolute atomic E-state index is 0.00223. The van der Waals surface area contributed by atoms with E-state index < -0.39 is 22.2 Å². The van der Waals surface area contributed by atoms with E-state index in [4.69, 9.17) is 0 Å². The summed E-state index contributed by atoms with van der Waals surface area (Å²) in [5.41, 5.74) is -0.749. The highest BCUT2D eigenvalue weighted by Gasteiger charge is 2.25. The van der Waals surface area contributed by atoms with E-state index in [0.717, 1.165) is 31.7 Å². The minimum Gasteiger partial charge on any atom is -0.374 e. The number of nitrogens with one attached hydrogen (secondary N) is 1. The molecule has 1 aliphatic rings. The summed E-state index contributed by atoms with van der Waals surface area (Å²) in [6.07, 6.45) is 3.81. The van der Waals surface area contributed by atoms with Gasteiger partial charge in [-0.25, -0.2) is 8.78 Å². The highest BCUT2D eigenvalue weighted by molar-refractivity contribution is 5.63. The van der Waals surface area contributed by atoms with Gasteiger partial charge in [0.25, 0.3) is 5.69 Å². The normalized spacial score (nSPS) is 23.1. The van der Waals surface area contributed by atoms with Crippen LogP contribution in [0.2, 0.25) is 0 Å². The van der Waals surface area contributed by atoms with Crippen LogP contribution in [0.1, 0.15) is 32.6 Å². The van der Waals surface area contributed by atoms with Crippen LogP contribution in [0.4, 0.5) is 20.2 Å². The van der Waals surface area contributed by atoms with Gasteiger partial charge in [0.1, 0.15) is 11.5 Å². The Labute approximate surface area is 110 Å². The average Bonchev–Trinajstić information content (AvgIpc) is 2.32. The molecule has 0 amide bonds. The third-order valence-corrected chi connectivity index (χ3v) is 3.52. The molecule has 0 aliphatic heterocycles. The summed E-state index contributed by atoms with van der Waals surface area (Å²) >= 11 is 0. The van der Waals surface area contributed by atoms with E-state index in [1.165, 1.54) is 0 Å². The Morgan fingerprint density at radius 2 is 2.11 bits per heavy atom. The SMILES string of the molecule is CC1CCCC(Nc2c(F)cc(F)cc2[N+](=O)[O-])C1. The van der Waals surface area contributed by atoms with Crippen LogP contribution in [-0.2, 0) is 0 Å². The van der Waals surface area contributed by atoms with Gasteiger partial charge in [-0.15, -0.1) is 0 Å². The number of hydrogen-bond acceptors (Lipinski definition) is 3. The average molecular weight is 270 g/mol. The van der Waals surface area contributed by atoms with E-state index in [-0.39, 0.29) is 11.7 Å². The summed E-state index contributed by atoms with van der Waals surface area (Å²) in [6, 6.07) is 1.42. The topological polar surface area (TPSA) is 55.2 Å². The molecule has 0 aromatic heterocycles. The summed E-state index contributed by atoms with van der Waals surface area (Å²) in [5, 5.41) is 13.7. The van der Waals surface area contributed by atoms with Gasteiger partial charge in [0, 0.05) is 12.1 Å². The van der Waals surface area contributed by atoms with Gasteiger partial charge in [-0.2, -0.15) is 0 Å². The first-order valence-corrected chi connectivity index (χ1v) is 6.37. The van der Waals surface area contributed by atoms with E-state index in [0.29, 0.717) is 12.0 Å². The van der Waals surface area contributed by atoms with Crippen molar-refractivity contribution in [3.05, 3.63) is 33.9 Å². The molecule has 2 rings (SSSR count). The second-order valence-electron chi connectivity index (χ2n) is 5.15. The summed E-state index contributed by atoms with van der Waals surface area (Å²) in [5.74, 6) is -1.34. The van der Waals surface area contributed by atoms with Gasteiger partial charge >= 0.3 is 0 Å². The minimum atomic E-state index is -0.938. The quantitative estimate of drug-likeness (QED) is 0.670. The fourth-order valence-electron chi connectivity index (χ4n) is 2.62. The Kier molecular flexibility index (Phi) is 3.97. The predicted molar refractivity (Wildman–Crippen MR) is 68.1 cm³/mol. The number of nitro benzene ring substituents is 1. The van der Waals surface area contributed by atoms with Crippen molar-refractivity contribution in [1.29, 1.82) is 0 Å². The maximum Gasteiger partial charge on any atom is 0.298 e. The van der Waals surface area contributed by atoms with Gasteiger partial charge < -0.3 is 5.32 Å². The Morgan fingerprint density at radius 3 is 2.74 bits per heavy atom. The largest absolute Gasteiger partial charge is 0.374 e. The molecule has 0 saturated heterocycles. The van der Waals surface area contributed by atoms with Crippen LogP contribution in [0.25, 0.3) is 0 Å². The predicted octanol–water partition coefficient (Wildman–Crippen LogP) is 3.86. The molecule has 1 saturated carbocycles. The molecule has 0 spiro atoms. The number of nitro groups is 1. The summed E-state index contributed by atoms with van der Waals surface area (Å²) in [4.78, 5) is 10.1. The Balaban J connectivity index is 2.26. The molecular weight excluding hydrogens is 254 g/mol. The molecule has 4 nitrogen and oxygen atoms in total. The molecule has 104 valence electrons. The third kappa shape index (κ3) is 3.19. The third-order valence-electron chi connectivity index (χ3n) is 3.52. The number of rotatable bonds is 3. The first-order valence-electron chi connectivity index (χ1n) is 6.37. The van der Waals surface area contributed by atoms with Crippen molar-refractivity contribution >= 4 is 11.4 Å². The van der Waals surface area contributed by atoms with E-state index in [1.54, 1.807) is 0 Å². The lowest BCUT2D eigenvalue weighted by Gasteiger charge is -2.28.